The summed E-state index contributed by atoms with van der Waals surface area (Å²) in [5.41, 5.74) is -0.881. The molecule has 0 aromatic rings. The molecule has 2 aliphatic heterocycles. The van der Waals surface area contributed by atoms with Gasteiger partial charge in [-0.1, -0.05) is 0 Å². The van der Waals surface area contributed by atoms with Crippen molar-refractivity contribution in [3.63, 3.8) is 0 Å². The predicted octanol–water partition coefficient (Wildman–Crippen LogP) is 1.54. The molecule has 0 radical (unpaired) electrons. The Kier molecular flexibility index (Phi) is 3.56. The van der Waals surface area contributed by atoms with Gasteiger partial charge in [0, 0.05) is 13.1 Å². The lowest BCUT2D eigenvalue weighted by Crippen LogP contribution is -2.52. The Balaban J connectivity index is 1.89. The van der Waals surface area contributed by atoms with Gasteiger partial charge in [-0.05, 0) is 40.0 Å². The lowest BCUT2D eigenvalue weighted by molar-refractivity contribution is -0.0941. The quantitative estimate of drug-likeness (QED) is 0.715. The second-order valence-electron chi connectivity index (χ2n) is 6.19. The first-order valence-corrected chi connectivity index (χ1v) is 6.62. The van der Waals surface area contributed by atoms with Crippen LogP contribution in [0.4, 0.5) is 4.79 Å². The van der Waals surface area contributed by atoms with Crippen molar-refractivity contribution in [2.24, 2.45) is 0 Å². The van der Waals surface area contributed by atoms with E-state index in [4.69, 9.17) is 9.47 Å². The molecule has 18 heavy (non-hydrogen) atoms. The van der Waals surface area contributed by atoms with E-state index in [1.165, 1.54) is 0 Å². The molecule has 5 nitrogen and oxygen atoms in total. The zero-order valence-corrected chi connectivity index (χ0v) is 11.4. The number of amides is 1. The van der Waals surface area contributed by atoms with Crippen LogP contribution in [0.5, 0.6) is 0 Å². The van der Waals surface area contributed by atoms with Crippen LogP contribution >= 0.6 is 0 Å². The summed E-state index contributed by atoms with van der Waals surface area (Å²) in [6, 6.07) is 0. The molecule has 0 unspecified atom stereocenters. The standard InChI is InChI=1S/C13H23NO4/c1-12(2,3)18-11(16)14-7-5-13(6-8-14)10(15)4-9-17-13/h10,15H,4-9H2,1-3H3/t10-/m0/s1. The fourth-order valence-corrected chi connectivity index (χ4v) is 2.60. The van der Waals surface area contributed by atoms with E-state index in [2.05, 4.69) is 0 Å². The van der Waals surface area contributed by atoms with Crippen LogP contribution in [0, 0.1) is 0 Å². The van der Waals surface area contributed by atoms with Crippen molar-refractivity contribution in [3.8, 4) is 0 Å². The highest BCUT2D eigenvalue weighted by molar-refractivity contribution is 5.68. The number of hydrogen-bond donors (Lipinski definition) is 1. The van der Waals surface area contributed by atoms with Crippen LogP contribution in [0.1, 0.15) is 40.0 Å². The Morgan fingerprint density at radius 2 is 2.00 bits per heavy atom. The first kappa shape index (κ1) is 13.6. The molecule has 0 aliphatic carbocycles. The van der Waals surface area contributed by atoms with Crippen molar-refractivity contribution in [2.75, 3.05) is 19.7 Å². The first-order valence-electron chi connectivity index (χ1n) is 6.62. The minimum Gasteiger partial charge on any atom is -0.444 e. The molecule has 1 amide bonds. The summed E-state index contributed by atoms with van der Waals surface area (Å²) >= 11 is 0. The molecule has 2 fully saturated rings. The molecule has 2 saturated heterocycles. The molecule has 1 N–H and O–H groups in total. The minimum absolute atomic E-state index is 0.273. The minimum atomic E-state index is -0.463. The smallest absolute Gasteiger partial charge is 0.410 e. The van der Waals surface area contributed by atoms with Crippen LogP contribution in [0.15, 0.2) is 0 Å². The van der Waals surface area contributed by atoms with E-state index in [-0.39, 0.29) is 6.09 Å². The zero-order valence-electron chi connectivity index (χ0n) is 11.4. The normalized spacial score (nSPS) is 27.6. The van der Waals surface area contributed by atoms with Crippen LogP contribution in [0.2, 0.25) is 0 Å². The summed E-state index contributed by atoms with van der Waals surface area (Å²) in [6.07, 6.45) is 1.41. The summed E-state index contributed by atoms with van der Waals surface area (Å²) in [7, 11) is 0. The topological polar surface area (TPSA) is 59.0 Å². The van der Waals surface area contributed by atoms with Gasteiger partial charge in [0.2, 0.25) is 0 Å². The van der Waals surface area contributed by atoms with E-state index < -0.39 is 17.3 Å². The van der Waals surface area contributed by atoms with Crippen LogP contribution in [-0.2, 0) is 9.47 Å². The van der Waals surface area contributed by atoms with Crippen LogP contribution in [0.3, 0.4) is 0 Å². The predicted molar refractivity (Wildman–Crippen MR) is 66.3 cm³/mol. The summed E-state index contributed by atoms with van der Waals surface area (Å²) in [4.78, 5) is 13.6. The molecule has 104 valence electrons. The number of aliphatic hydroxyl groups excluding tert-OH is 1. The highest BCUT2D eigenvalue weighted by Gasteiger charge is 2.46. The molecule has 0 bridgehead atoms. The second kappa shape index (κ2) is 4.70. The fourth-order valence-electron chi connectivity index (χ4n) is 2.60. The number of hydrogen-bond acceptors (Lipinski definition) is 4. The molecule has 0 aromatic heterocycles. The van der Waals surface area contributed by atoms with E-state index in [9.17, 15) is 9.90 Å². The van der Waals surface area contributed by atoms with Crippen molar-refractivity contribution in [3.05, 3.63) is 0 Å². The molecule has 5 heteroatoms. The van der Waals surface area contributed by atoms with Gasteiger partial charge in [0.25, 0.3) is 0 Å². The van der Waals surface area contributed by atoms with Gasteiger partial charge < -0.3 is 19.5 Å². The third kappa shape index (κ3) is 2.78. The number of rotatable bonds is 0. The molecule has 2 heterocycles. The van der Waals surface area contributed by atoms with Gasteiger partial charge in [-0.25, -0.2) is 4.79 Å². The van der Waals surface area contributed by atoms with Gasteiger partial charge in [-0.3, -0.25) is 0 Å². The fraction of sp³-hybridized carbons (Fsp3) is 0.923. The molecule has 1 spiro atoms. The van der Waals surface area contributed by atoms with Gasteiger partial charge >= 0.3 is 6.09 Å². The van der Waals surface area contributed by atoms with Gasteiger partial charge in [0.05, 0.1) is 18.3 Å². The Bertz CT molecular complexity index is 315. The molecule has 0 aromatic carbocycles. The van der Waals surface area contributed by atoms with Gasteiger partial charge in [0.1, 0.15) is 5.60 Å². The summed E-state index contributed by atoms with van der Waals surface area (Å²) in [5.74, 6) is 0. The molecular weight excluding hydrogens is 234 g/mol. The van der Waals surface area contributed by atoms with Crippen LogP contribution in [0.25, 0.3) is 0 Å². The van der Waals surface area contributed by atoms with Crippen LogP contribution < -0.4 is 0 Å². The number of ether oxygens (including phenoxy) is 2. The maximum absolute atomic E-state index is 11.9. The molecule has 0 saturated carbocycles. The second-order valence-corrected chi connectivity index (χ2v) is 6.19. The third-order valence-electron chi connectivity index (χ3n) is 3.65. The average molecular weight is 257 g/mol. The molecule has 2 rings (SSSR count). The number of likely N-dealkylation sites (tertiary alicyclic amines) is 1. The Hall–Kier alpha value is -0.810. The molecular formula is C13H23NO4. The SMILES string of the molecule is CC(C)(C)OC(=O)N1CCC2(CC1)OCC[C@@H]2O. The van der Waals surface area contributed by atoms with E-state index in [0.717, 1.165) is 0 Å². The van der Waals surface area contributed by atoms with Gasteiger partial charge in [-0.15, -0.1) is 0 Å². The van der Waals surface area contributed by atoms with Gasteiger partial charge in [0.15, 0.2) is 0 Å². The highest BCUT2D eigenvalue weighted by atomic mass is 16.6. The molecule has 2 aliphatic rings. The van der Waals surface area contributed by atoms with E-state index in [1.54, 1.807) is 4.90 Å². The van der Waals surface area contributed by atoms with Crippen molar-refractivity contribution in [1.29, 1.82) is 0 Å². The van der Waals surface area contributed by atoms with E-state index in [1.807, 2.05) is 20.8 Å². The highest BCUT2D eigenvalue weighted by Crippen LogP contribution is 2.36. The maximum Gasteiger partial charge on any atom is 0.410 e. The molecule has 1 atom stereocenters. The Morgan fingerprint density at radius 1 is 1.39 bits per heavy atom. The van der Waals surface area contributed by atoms with Crippen LogP contribution in [-0.4, -0.2) is 53.1 Å². The number of carbonyl (C=O) groups excluding carboxylic acids is 1. The van der Waals surface area contributed by atoms with Crippen molar-refractivity contribution >= 4 is 6.09 Å². The summed E-state index contributed by atoms with van der Waals surface area (Å²) in [6.45, 7) is 7.38. The average Bonchev–Trinajstić information content (AvgIpc) is 2.59. The zero-order chi connectivity index (χ0) is 13.4. The lowest BCUT2D eigenvalue weighted by atomic mass is 9.86. The number of carbonyl (C=O) groups is 1. The third-order valence-corrected chi connectivity index (χ3v) is 3.65. The van der Waals surface area contributed by atoms with E-state index in [0.29, 0.717) is 39.0 Å². The number of aliphatic hydroxyl groups is 1. The van der Waals surface area contributed by atoms with Gasteiger partial charge in [-0.2, -0.15) is 0 Å². The van der Waals surface area contributed by atoms with E-state index >= 15 is 0 Å². The monoisotopic (exact) mass is 257 g/mol. The largest absolute Gasteiger partial charge is 0.444 e. The van der Waals surface area contributed by atoms with Crippen molar-refractivity contribution in [1.82, 2.24) is 4.90 Å². The lowest BCUT2D eigenvalue weighted by Gasteiger charge is -2.40. The first-order chi connectivity index (χ1) is 8.32. The summed E-state index contributed by atoms with van der Waals surface area (Å²) in [5, 5.41) is 9.96. The van der Waals surface area contributed by atoms with Crippen molar-refractivity contribution in [2.45, 2.75) is 57.3 Å². The Labute approximate surface area is 108 Å². The Morgan fingerprint density at radius 3 is 2.44 bits per heavy atom. The maximum atomic E-state index is 11.9. The van der Waals surface area contributed by atoms with Crippen molar-refractivity contribution < 1.29 is 19.4 Å². The summed E-state index contributed by atoms with van der Waals surface area (Å²) < 4.78 is 11.0. The number of piperidine rings is 1. The number of nitrogens with zero attached hydrogens (tertiary/aromatic N) is 1.